The highest BCUT2D eigenvalue weighted by Crippen LogP contribution is 2.43. The van der Waals surface area contributed by atoms with Gasteiger partial charge in [-0.1, -0.05) is 27.7 Å². The van der Waals surface area contributed by atoms with Gasteiger partial charge in [-0.3, -0.25) is 14.3 Å². The number of aliphatic hydroxyl groups excluding tert-OH is 1. The lowest BCUT2D eigenvalue weighted by molar-refractivity contribution is -0.283. The van der Waals surface area contributed by atoms with Crippen LogP contribution < -0.4 is 11.2 Å². The summed E-state index contributed by atoms with van der Waals surface area (Å²) in [7, 11) is 0. The minimum Gasteiger partial charge on any atom is -0.394 e. The molecule has 1 aliphatic heterocycles. The van der Waals surface area contributed by atoms with Gasteiger partial charge in [0.25, 0.3) is 5.56 Å². The van der Waals surface area contributed by atoms with E-state index >= 15 is 0 Å². The van der Waals surface area contributed by atoms with Crippen LogP contribution >= 0.6 is 0 Å². The molecule has 3 atom stereocenters. The Hall–Kier alpha value is -1.48. The highest BCUT2D eigenvalue weighted by atomic mass is 16.7. The molecule has 2 rings (SSSR count). The second-order valence-electron chi connectivity index (χ2n) is 6.08. The first-order valence-electron chi connectivity index (χ1n) is 8.77. The molecule has 3 N–H and O–H groups in total. The van der Waals surface area contributed by atoms with Gasteiger partial charge < -0.3 is 19.7 Å². The predicted molar refractivity (Wildman–Crippen MR) is 93.3 cm³/mol. The van der Waals surface area contributed by atoms with Crippen molar-refractivity contribution in [3.8, 4) is 0 Å². The smallest absolute Gasteiger partial charge is 0.330 e. The van der Waals surface area contributed by atoms with Crippen molar-refractivity contribution in [1.29, 1.82) is 0 Å². The van der Waals surface area contributed by atoms with Crippen LogP contribution in [0.1, 0.15) is 60.1 Å². The summed E-state index contributed by atoms with van der Waals surface area (Å²) in [5.41, 5.74) is -2.17. The van der Waals surface area contributed by atoms with Gasteiger partial charge in [-0.15, -0.1) is 0 Å². The number of aromatic nitrogens is 2. The molecule has 0 spiro atoms. The number of ether oxygens (including phenoxy) is 2. The third kappa shape index (κ3) is 4.78. The molecular formula is C17H30N2O6. The molecule has 1 aromatic heterocycles. The van der Waals surface area contributed by atoms with Gasteiger partial charge in [-0.05, 0) is 19.8 Å². The number of nitrogens with one attached hydrogen (secondary N) is 1. The van der Waals surface area contributed by atoms with E-state index in [2.05, 4.69) is 4.98 Å². The van der Waals surface area contributed by atoms with E-state index < -0.39 is 35.0 Å². The van der Waals surface area contributed by atoms with Crippen LogP contribution in [0.15, 0.2) is 21.9 Å². The number of nitrogens with zero attached hydrogens (tertiary/aromatic N) is 1. The van der Waals surface area contributed by atoms with Crippen LogP contribution in [0.3, 0.4) is 0 Å². The Labute approximate surface area is 147 Å². The maximum atomic E-state index is 12.1. The highest BCUT2D eigenvalue weighted by molar-refractivity contribution is 4.97. The summed E-state index contributed by atoms with van der Waals surface area (Å²) in [4.78, 5) is 25.5. The fourth-order valence-corrected chi connectivity index (χ4v) is 2.93. The van der Waals surface area contributed by atoms with Crippen LogP contribution in [-0.4, -0.2) is 43.9 Å². The van der Waals surface area contributed by atoms with Crippen LogP contribution in [0.5, 0.6) is 0 Å². The molecule has 0 aliphatic carbocycles. The van der Waals surface area contributed by atoms with Crippen LogP contribution in [0.4, 0.5) is 0 Å². The van der Waals surface area contributed by atoms with Crippen molar-refractivity contribution in [3.05, 3.63) is 33.1 Å². The molecule has 0 saturated carbocycles. The van der Waals surface area contributed by atoms with Crippen molar-refractivity contribution in [3.63, 3.8) is 0 Å². The number of rotatable bonds is 6. The summed E-state index contributed by atoms with van der Waals surface area (Å²) in [6.07, 6.45) is 0.980. The zero-order chi connectivity index (χ0) is 19.3. The standard InChI is InChI=1S/C15H24N2O6.C2H6/c1-4-15(21,5-2)23-14(3)8-10(9-18)22-12(14)17-7-6-11(19)16-13(17)20;1-2/h6-7,10,12,18,21H,4-5,8-9H2,1-3H3,(H,16,19,20);1-2H3. The van der Waals surface area contributed by atoms with Crippen molar-refractivity contribution in [2.45, 2.75) is 77.6 Å². The number of hydrogen-bond acceptors (Lipinski definition) is 6. The molecule has 8 heteroatoms. The van der Waals surface area contributed by atoms with Gasteiger partial charge in [0.15, 0.2) is 12.0 Å². The number of hydrogen-bond donors (Lipinski definition) is 3. The first kappa shape index (κ1) is 21.6. The van der Waals surface area contributed by atoms with Gasteiger partial charge in [-0.2, -0.15) is 0 Å². The number of aromatic amines is 1. The van der Waals surface area contributed by atoms with Gasteiger partial charge in [0, 0.05) is 18.7 Å². The second kappa shape index (κ2) is 8.75. The molecule has 3 unspecified atom stereocenters. The molecule has 1 fully saturated rings. The van der Waals surface area contributed by atoms with E-state index in [1.165, 1.54) is 16.8 Å². The van der Waals surface area contributed by atoms with E-state index in [1.54, 1.807) is 20.8 Å². The van der Waals surface area contributed by atoms with E-state index in [0.29, 0.717) is 19.3 Å². The molecule has 1 saturated heterocycles. The Morgan fingerprint density at radius 1 is 1.40 bits per heavy atom. The Morgan fingerprint density at radius 3 is 2.48 bits per heavy atom. The quantitative estimate of drug-likeness (QED) is 0.657. The molecule has 0 bridgehead atoms. The SMILES string of the molecule is CC.CCC(O)(CC)OC1(C)CC(CO)OC1n1ccc(=O)[nH]c1=O. The lowest BCUT2D eigenvalue weighted by Gasteiger charge is -2.38. The van der Waals surface area contributed by atoms with Crippen molar-refractivity contribution in [2.24, 2.45) is 0 Å². The first-order valence-corrected chi connectivity index (χ1v) is 8.77. The average Bonchev–Trinajstić information content (AvgIpc) is 2.92. The van der Waals surface area contributed by atoms with Crippen molar-refractivity contribution < 1.29 is 19.7 Å². The monoisotopic (exact) mass is 358 g/mol. The lowest BCUT2D eigenvalue weighted by atomic mass is 9.98. The molecular weight excluding hydrogens is 328 g/mol. The fraction of sp³-hybridized carbons (Fsp3) is 0.765. The van der Waals surface area contributed by atoms with E-state index in [0.717, 1.165) is 0 Å². The Bertz CT molecular complexity index is 651. The Morgan fingerprint density at radius 2 is 2.00 bits per heavy atom. The molecule has 25 heavy (non-hydrogen) atoms. The minimum absolute atomic E-state index is 0.232. The molecule has 0 radical (unpaired) electrons. The van der Waals surface area contributed by atoms with Crippen molar-refractivity contribution >= 4 is 0 Å². The van der Waals surface area contributed by atoms with Crippen molar-refractivity contribution in [2.75, 3.05) is 6.61 Å². The molecule has 0 aromatic carbocycles. The Balaban J connectivity index is 0.00000151. The molecule has 144 valence electrons. The number of H-pyrrole nitrogens is 1. The maximum absolute atomic E-state index is 12.1. The Kier molecular flexibility index (Phi) is 7.55. The zero-order valence-corrected chi connectivity index (χ0v) is 15.6. The molecule has 2 heterocycles. The van der Waals surface area contributed by atoms with Gasteiger partial charge in [-0.25, -0.2) is 4.79 Å². The van der Waals surface area contributed by atoms with Crippen LogP contribution in [0.25, 0.3) is 0 Å². The van der Waals surface area contributed by atoms with Crippen LogP contribution in [0, 0.1) is 0 Å². The largest absolute Gasteiger partial charge is 0.394 e. The first-order chi connectivity index (χ1) is 11.8. The number of aliphatic hydroxyl groups is 2. The normalized spacial score (nSPS) is 26.2. The van der Waals surface area contributed by atoms with E-state index in [1.807, 2.05) is 13.8 Å². The molecule has 8 nitrogen and oxygen atoms in total. The minimum atomic E-state index is -1.35. The third-order valence-electron chi connectivity index (χ3n) is 4.31. The van der Waals surface area contributed by atoms with Crippen molar-refractivity contribution in [1.82, 2.24) is 9.55 Å². The zero-order valence-electron chi connectivity index (χ0n) is 15.6. The molecule has 0 amide bonds. The van der Waals surface area contributed by atoms with Crippen LogP contribution in [-0.2, 0) is 9.47 Å². The summed E-state index contributed by atoms with van der Waals surface area (Å²) in [5, 5.41) is 19.9. The maximum Gasteiger partial charge on any atom is 0.330 e. The van der Waals surface area contributed by atoms with Gasteiger partial charge in [0.2, 0.25) is 0 Å². The summed E-state index contributed by atoms with van der Waals surface area (Å²) in [5.74, 6) is -1.35. The lowest BCUT2D eigenvalue weighted by Crippen LogP contribution is -2.48. The molecule has 1 aromatic rings. The fourth-order valence-electron chi connectivity index (χ4n) is 2.93. The average molecular weight is 358 g/mol. The van der Waals surface area contributed by atoms with Gasteiger partial charge in [0.05, 0.1) is 12.7 Å². The highest BCUT2D eigenvalue weighted by Gasteiger charge is 2.51. The topological polar surface area (TPSA) is 114 Å². The van der Waals surface area contributed by atoms with Gasteiger partial charge >= 0.3 is 5.69 Å². The van der Waals surface area contributed by atoms with Gasteiger partial charge in [0.1, 0.15) is 5.60 Å². The van der Waals surface area contributed by atoms with E-state index in [4.69, 9.17) is 9.47 Å². The van der Waals surface area contributed by atoms with Crippen LogP contribution in [0.2, 0.25) is 0 Å². The third-order valence-corrected chi connectivity index (χ3v) is 4.31. The summed E-state index contributed by atoms with van der Waals surface area (Å²) in [6.45, 7) is 9.09. The summed E-state index contributed by atoms with van der Waals surface area (Å²) < 4.78 is 12.9. The molecule has 1 aliphatic rings. The predicted octanol–water partition coefficient (Wildman–Crippen LogP) is 1.13. The second-order valence-corrected chi connectivity index (χ2v) is 6.08. The summed E-state index contributed by atoms with van der Waals surface area (Å²) in [6, 6.07) is 1.21. The van der Waals surface area contributed by atoms with E-state index in [9.17, 15) is 19.8 Å². The van der Waals surface area contributed by atoms with E-state index in [-0.39, 0.29) is 6.61 Å². The summed E-state index contributed by atoms with van der Waals surface area (Å²) >= 11 is 0.